The minimum absolute atomic E-state index is 0.420. The molecule has 0 amide bonds. The Morgan fingerprint density at radius 1 is 1.17 bits per heavy atom. The van der Waals surface area contributed by atoms with Crippen LogP contribution in [0.5, 0.6) is 5.75 Å². The number of thioether (sulfide) groups is 1. The van der Waals surface area contributed by atoms with Gasteiger partial charge in [0.2, 0.25) is 11.0 Å². The first kappa shape index (κ1) is 19.3. The number of ether oxygens (including phenoxy) is 1. The van der Waals surface area contributed by atoms with E-state index < -0.39 is 0 Å². The minimum Gasteiger partial charge on any atom is -0.496 e. The molecule has 148 valence electrons. The van der Waals surface area contributed by atoms with Crippen molar-refractivity contribution in [3.8, 4) is 17.1 Å². The smallest absolute Gasteiger partial charge is 0.237 e. The molecule has 0 atom stereocenters. The molecule has 2 N–H and O–H groups in total. The highest BCUT2D eigenvalue weighted by molar-refractivity contribution is 7.98. The Morgan fingerprint density at radius 2 is 2.03 bits per heavy atom. The molecule has 29 heavy (non-hydrogen) atoms. The largest absolute Gasteiger partial charge is 0.496 e. The second-order valence-corrected chi connectivity index (χ2v) is 7.46. The van der Waals surface area contributed by atoms with Crippen molar-refractivity contribution in [3.05, 3.63) is 70.8 Å². The molecule has 2 aromatic heterocycles. The molecule has 0 aliphatic carbocycles. The van der Waals surface area contributed by atoms with E-state index in [4.69, 9.17) is 26.7 Å². The number of hydrogen-bond donors (Lipinski definition) is 1. The van der Waals surface area contributed by atoms with Gasteiger partial charge in [-0.15, -0.1) is 10.2 Å². The highest BCUT2D eigenvalue weighted by atomic mass is 35.5. The Bertz CT molecular complexity index is 1130. The second-order valence-electron chi connectivity index (χ2n) is 6.08. The van der Waals surface area contributed by atoms with Gasteiger partial charge in [0, 0.05) is 11.4 Å². The van der Waals surface area contributed by atoms with Gasteiger partial charge in [0.05, 0.1) is 18.4 Å². The third kappa shape index (κ3) is 4.36. The van der Waals surface area contributed by atoms with Gasteiger partial charge in [0.25, 0.3) is 0 Å². The van der Waals surface area contributed by atoms with Gasteiger partial charge < -0.3 is 15.1 Å². The molecule has 2 aromatic carbocycles. The normalized spacial score (nSPS) is 11.0. The van der Waals surface area contributed by atoms with Crippen molar-refractivity contribution >= 4 is 23.4 Å². The van der Waals surface area contributed by atoms with Crippen molar-refractivity contribution in [1.29, 1.82) is 0 Å². The molecule has 0 aliphatic rings. The summed E-state index contributed by atoms with van der Waals surface area (Å²) in [5.41, 5.74) is 1.78. The summed E-state index contributed by atoms with van der Waals surface area (Å²) < 4.78 is 12.1. The fraction of sp³-hybridized carbons (Fsp3) is 0.158. The predicted molar refractivity (Wildman–Crippen MR) is 110 cm³/mol. The van der Waals surface area contributed by atoms with Gasteiger partial charge >= 0.3 is 0 Å². The number of nitrogen functional groups attached to an aromatic ring is 1. The molecule has 0 radical (unpaired) electrons. The van der Waals surface area contributed by atoms with Crippen LogP contribution in [0, 0.1) is 0 Å². The summed E-state index contributed by atoms with van der Waals surface area (Å²) in [7, 11) is 1.60. The molecule has 2 heterocycles. The van der Waals surface area contributed by atoms with E-state index in [0.29, 0.717) is 45.6 Å². The van der Waals surface area contributed by atoms with Crippen LogP contribution >= 0.6 is 23.4 Å². The van der Waals surface area contributed by atoms with Crippen LogP contribution in [-0.4, -0.2) is 32.1 Å². The molecule has 4 aromatic rings. The lowest BCUT2D eigenvalue weighted by atomic mass is 10.1. The number of nitrogens with two attached hydrogens (primary N) is 1. The zero-order valence-corrected chi connectivity index (χ0v) is 17.0. The number of halogens is 1. The quantitative estimate of drug-likeness (QED) is 0.351. The van der Waals surface area contributed by atoms with Crippen molar-refractivity contribution in [2.24, 2.45) is 0 Å². The Labute approximate surface area is 176 Å². The molecule has 0 bridgehead atoms. The number of para-hydroxylation sites is 1. The average Bonchev–Trinajstić information content (AvgIpc) is 3.32. The van der Waals surface area contributed by atoms with E-state index in [1.807, 2.05) is 48.5 Å². The van der Waals surface area contributed by atoms with Crippen LogP contribution in [0.15, 0.2) is 58.2 Å². The van der Waals surface area contributed by atoms with Crippen molar-refractivity contribution in [2.75, 3.05) is 13.0 Å². The van der Waals surface area contributed by atoms with Crippen LogP contribution in [0.4, 0.5) is 0 Å². The van der Waals surface area contributed by atoms with E-state index >= 15 is 0 Å². The maximum absolute atomic E-state index is 6.18. The fourth-order valence-corrected chi connectivity index (χ4v) is 3.67. The van der Waals surface area contributed by atoms with E-state index in [0.717, 1.165) is 11.1 Å². The average molecular weight is 429 g/mol. The van der Waals surface area contributed by atoms with Crippen molar-refractivity contribution in [1.82, 2.24) is 25.0 Å². The van der Waals surface area contributed by atoms with E-state index in [9.17, 15) is 0 Å². The molecule has 8 nitrogen and oxygen atoms in total. The summed E-state index contributed by atoms with van der Waals surface area (Å²) in [5, 5.41) is 13.6. The van der Waals surface area contributed by atoms with E-state index in [1.54, 1.807) is 7.11 Å². The fourth-order valence-electron chi connectivity index (χ4n) is 2.76. The summed E-state index contributed by atoms with van der Waals surface area (Å²) in [4.78, 5) is 4.41. The van der Waals surface area contributed by atoms with E-state index in [1.165, 1.54) is 16.4 Å². The van der Waals surface area contributed by atoms with Gasteiger partial charge in [-0.05, 0) is 29.8 Å². The first-order chi connectivity index (χ1) is 14.1. The Morgan fingerprint density at radius 3 is 2.86 bits per heavy atom. The Balaban J connectivity index is 1.44. The molecule has 0 saturated carbocycles. The third-order valence-corrected chi connectivity index (χ3v) is 5.26. The lowest BCUT2D eigenvalue weighted by Crippen LogP contribution is -2.12. The van der Waals surface area contributed by atoms with Crippen molar-refractivity contribution in [3.63, 3.8) is 0 Å². The molecule has 10 heteroatoms. The summed E-state index contributed by atoms with van der Waals surface area (Å²) in [6.45, 7) is 0. The second kappa shape index (κ2) is 8.54. The molecular weight excluding hydrogens is 412 g/mol. The van der Waals surface area contributed by atoms with Gasteiger partial charge in [0.1, 0.15) is 5.75 Å². The number of rotatable bonds is 7. The maximum atomic E-state index is 6.18. The first-order valence-electron chi connectivity index (χ1n) is 8.66. The highest BCUT2D eigenvalue weighted by Crippen LogP contribution is 2.30. The standard InChI is InChI=1S/C19H17ClN6O2S/c1-27-15-8-3-2-7-14(15)18-23-24-19(26(18)21)29-11-17-22-16(25-28-17)10-12-5-4-6-13(20)9-12/h2-9H,10-11,21H2,1H3. The van der Waals surface area contributed by atoms with E-state index in [2.05, 4.69) is 20.3 Å². The number of hydrogen-bond acceptors (Lipinski definition) is 8. The monoisotopic (exact) mass is 428 g/mol. The van der Waals surface area contributed by atoms with Crippen molar-refractivity contribution in [2.45, 2.75) is 17.3 Å². The molecular formula is C19H17ClN6O2S. The van der Waals surface area contributed by atoms with Gasteiger partial charge in [-0.1, -0.05) is 52.8 Å². The molecule has 0 spiro atoms. The van der Waals surface area contributed by atoms with Crippen molar-refractivity contribution < 1.29 is 9.26 Å². The lowest BCUT2D eigenvalue weighted by molar-refractivity contribution is 0.385. The number of methoxy groups -OCH3 is 1. The van der Waals surface area contributed by atoms with Crippen LogP contribution in [0.2, 0.25) is 5.02 Å². The van der Waals surface area contributed by atoms with Crippen LogP contribution in [0.25, 0.3) is 11.4 Å². The summed E-state index contributed by atoms with van der Waals surface area (Å²) in [5.74, 6) is 8.85. The van der Waals surface area contributed by atoms with Crippen LogP contribution in [0.1, 0.15) is 17.3 Å². The van der Waals surface area contributed by atoms with Crippen LogP contribution in [0.3, 0.4) is 0 Å². The minimum atomic E-state index is 0.420. The number of nitrogens with zero attached hydrogens (tertiary/aromatic N) is 5. The summed E-state index contributed by atoms with van der Waals surface area (Å²) >= 11 is 7.37. The van der Waals surface area contributed by atoms with Gasteiger partial charge in [-0.25, -0.2) is 4.68 Å². The zero-order chi connectivity index (χ0) is 20.2. The highest BCUT2D eigenvalue weighted by Gasteiger charge is 2.17. The first-order valence-corrected chi connectivity index (χ1v) is 10.0. The maximum Gasteiger partial charge on any atom is 0.237 e. The topological polar surface area (TPSA) is 105 Å². The zero-order valence-electron chi connectivity index (χ0n) is 15.4. The SMILES string of the molecule is COc1ccccc1-c1nnc(SCc2nc(Cc3cccc(Cl)c3)no2)n1N. The molecule has 0 aliphatic heterocycles. The molecule has 4 rings (SSSR count). The number of aromatic nitrogens is 5. The lowest BCUT2D eigenvalue weighted by Gasteiger charge is -2.07. The van der Waals surface area contributed by atoms with Gasteiger partial charge in [0.15, 0.2) is 11.6 Å². The third-order valence-electron chi connectivity index (χ3n) is 4.10. The summed E-state index contributed by atoms with van der Waals surface area (Å²) in [6.07, 6.45) is 0.541. The Hall–Kier alpha value is -3.04. The van der Waals surface area contributed by atoms with Gasteiger partial charge in [-0.3, -0.25) is 0 Å². The molecule has 0 fully saturated rings. The van der Waals surface area contributed by atoms with Gasteiger partial charge in [-0.2, -0.15) is 4.98 Å². The van der Waals surface area contributed by atoms with Crippen LogP contribution < -0.4 is 10.6 Å². The molecule has 0 saturated heterocycles. The van der Waals surface area contributed by atoms with Crippen LogP contribution in [-0.2, 0) is 12.2 Å². The number of benzene rings is 2. The van der Waals surface area contributed by atoms with E-state index in [-0.39, 0.29) is 0 Å². The Kier molecular flexibility index (Phi) is 5.68. The predicted octanol–water partition coefficient (Wildman–Crippen LogP) is 3.59. The molecule has 0 unspecified atom stereocenters. The summed E-state index contributed by atoms with van der Waals surface area (Å²) in [6, 6.07) is 15.0.